The van der Waals surface area contributed by atoms with Crippen molar-refractivity contribution in [2.24, 2.45) is 5.14 Å². The maximum absolute atomic E-state index is 11.4. The first-order chi connectivity index (χ1) is 10.9. The SMILES string of the molecule is Cc1cccc(-c2ccccc2-c2ccc(S(N)(=O)=O)cc2)c1. The lowest BCUT2D eigenvalue weighted by atomic mass is 9.94. The van der Waals surface area contributed by atoms with Crippen molar-refractivity contribution in [3.05, 3.63) is 78.4 Å². The molecule has 0 saturated heterocycles. The highest BCUT2D eigenvalue weighted by Gasteiger charge is 2.10. The van der Waals surface area contributed by atoms with E-state index in [1.54, 1.807) is 12.1 Å². The second kappa shape index (κ2) is 5.99. The predicted octanol–water partition coefficient (Wildman–Crippen LogP) is 3.98. The van der Waals surface area contributed by atoms with Crippen molar-refractivity contribution in [3.63, 3.8) is 0 Å². The normalized spacial score (nSPS) is 11.4. The van der Waals surface area contributed by atoms with Crippen molar-refractivity contribution < 1.29 is 8.42 Å². The van der Waals surface area contributed by atoms with E-state index in [1.165, 1.54) is 17.7 Å². The standard InChI is InChI=1S/C19H17NO2S/c1-14-5-4-6-16(13-14)19-8-3-2-7-18(19)15-9-11-17(12-10-15)23(20,21)22/h2-13H,1H3,(H2,20,21,22). The highest BCUT2D eigenvalue weighted by molar-refractivity contribution is 7.89. The van der Waals surface area contributed by atoms with E-state index < -0.39 is 10.0 Å². The molecule has 116 valence electrons. The Balaban J connectivity index is 2.11. The Kier molecular flexibility index (Phi) is 4.03. The molecule has 3 aromatic carbocycles. The van der Waals surface area contributed by atoms with Gasteiger partial charge in [0.1, 0.15) is 0 Å². The van der Waals surface area contributed by atoms with Crippen LogP contribution in [0, 0.1) is 6.92 Å². The predicted molar refractivity (Wildman–Crippen MR) is 93.4 cm³/mol. The van der Waals surface area contributed by atoms with Crippen LogP contribution >= 0.6 is 0 Å². The molecular formula is C19H17NO2S. The first kappa shape index (κ1) is 15.5. The third-order valence-electron chi connectivity index (χ3n) is 3.75. The van der Waals surface area contributed by atoms with Crippen LogP contribution in [-0.2, 0) is 10.0 Å². The topological polar surface area (TPSA) is 60.2 Å². The number of aryl methyl sites for hydroxylation is 1. The fraction of sp³-hybridized carbons (Fsp3) is 0.0526. The number of rotatable bonds is 3. The van der Waals surface area contributed by atoms with Gasteiger partial charge in [-0.3, -0.25) is 0 Å². The fourth-order valence-corrected chi connectivity index (χ4v) is 3.14. The van der Waals surface area contributed by atoms with Crippen LogP contribution in [0.25, 0.3) is 22.3 Å². The molecule has 0 fully saturated rings. The Morgan fingerprint density at radius 2 is 1.35 bits per heavy atom. The number of sulfonamides is 1. The van der Waals surface area contributed by atoms with Crippen molar-refractivity contribution >= 4 is 10.0 Å². The molecule has 0 spiro atoms. The molecule has 0 unspecified atom stereocenters. The summed E-state index contributed by atoms with van der Waals surface area (Å²) in [6, 6.07) is 23.0. The Labute approximate surface area is 136 Å². The molecule has 0 aliphatic heterocycles. The van der Waals surface area contributed by atoms with E-state index in [4.69, 9.17) is 5.14 Å². The van der Waals surface area contributed by atoms with E-state index in [1.807, 2.05) is 24.3 Å². The number of primary sulfonamides is 1. The quantitative estimate of drug-likeness (QED) is 0.792. The Morgan fingerprint density at radius 1 is 0.739 bits per heavy atom. The summed E-state index contributed by atoms with van der Waals surface area (Å²) in [4.78, 5) is 0.120. The summed E-state index contributed by atoms with van der Waals surface area (Å²) in [5.74, 6) is 0. The average Bonchev–Trinajstić information content (AvgIpc) is 2.54. The third-order valence-corrected chi connectivity index (χ3v) is 4.68. The summed E-state index contributed by atoms with van der Waals surface area (Å²) in [5.41, 5.74) is 5.45. The molecule has 4 heteroatoms. The molecule has 0 aliphatic carbocycles. The first-order valence-corrected chi connectivity index (χ1v) is 8.79. The number of benzene rings is 3. The highest BCUT2D eigenvalue weighted by atomic mass is 32.2. The minimum absolute atomic E-state index is 0.120. The van der Waals surface area contributed by atoms with Crippen LogP contribution in [0.2, 0.25) is 0 Å². The van der Waals surface area contributed by atoms with Gasteiger partial charge in [-0.2, -0.15) is 0 Å². The van der Waals surface area contributed by atoms with Crippen molar-refractivity contribution in [1.29, 1.82) is 0 Å². The lowest BCUT2D eigenvalue weighted by molar-refractivity contribution is 0.598. The van der Waals surface area contributed by atoms with Gasteiger partial charge in [0, 0.05) is 0 Å². The van der Waals surface area contributed by atoms with Gasteiger partial charge in [0.2, 0.25) is 10.0 Å². The van der Waals surface area contributed by atoms with Crippen LogP contribution in [0.1, 0.15) is 5.56 Å². The van der Waals surface area contributed by atoms with Crippen LogP contribution < -0.4 is 5.14 Å². The molecule has 0 atom stereocenters. The van der Waals surface area contributed by atoms with E-state index in [2.05, 4.69) is 31.2 Å². The molecule has 3 nitrogen and oxygen atoms in total. The Bertz CT molecular complexity index is 945. The fourth-order valence-electron chi connectivity index (χ4n) is 2.62. The number of hydrogen-bond donors (Lipinski definition) is 1. The molecule has 3 rings (SSSR count). The molecule has 0 radical (unpaired) electrons. The summed E-state index contributed by atoms with van der Waals surface area (Å²) in [7, 11) is -3.67. The first-order valence-electron chi connectivity index (χ1n) is 7.24. The number of hydrogen-bond acceptors (Lipinski definition) is 2. The van der Waals surface area contributed by atoms with Gasteiger partial charge in [-0.25, -0.2) is 13.6 Å². The zero-order valence-electron chi connectivity index (χ0n) is 12.7. The van der Waals surface area contributed by atoms with Gasteiger partial charge in [-0.1, -0.05) is 66.2 Å². The van der Waals surface area contributed by atoms with Crippen LogP contribution in [0.4, 0.5) is 0 Å². The lowest BCUT2D eigenvalue weighted by Gasteiger charge is -2.11. The van der Waals surface area contributed by atoms with E-state index >= 15 is 0 Å². The highest BCUT2D eigenvalue weighted by Crippen LogP contribution is 2.32. The average molecular weight is 323 g/mol. The zero-order chi connectivity index (χ0) is 16.4. The molecule has 0 aliphatic rings. The number of nitrogens with two attached hydrogens (primary N) is 1. The molecule has 0 bridgehead atoms. The lowest BCUT2D eigenvalue weighted by Crippen LogP contribution is -2.11. The molecule has 2 N–H and O–H groups in total. The van der Waals surface area contributed by atoms with Gasteiger partial charge in [-0.05, 0) is 41.3 Å². The van der Waals surface area contributed by atoms with Gasteiger partial charge >= 0.3 is 0 Å². The van der Waals surface area contributed by atoms with Gasteiger partial charge in [-0.15, -0.1) is 0 Å². The molecule has 0 saturated carbocycles. The van der Waals surface area contributed by atoms with Crippen LogP contribution in [-0.4, -0.2) is 8.42 Å². The summed E-state index contributed by atoms with van der Waals surface area (Å²) >= 11 is 0. The minimum atomic E-state index is -3.67. The van der Waals surface area contributed by atoms with E-state index in [0.29, 0.717) is 0 Å². The van der Waals surface area contributed by atoms with Crippen molar-refractivity contribution in [2.45, 2.75) is 11.8 Å². The van der Waals surface area contributed by atoms with Gasteiger partial charge < -0.3 is 0 Å². The second-order valence-corrected chi connectivity index (χ2v) is 7.05. The Morgan fingerprint density at radius 3 is 1.91 bits per heavy atom. The van der Waals surface area contributed by atoms with Gasteiger partial charge in [0.25, 0.3) is 0 Å². The molecule has 0 heterocycles. The van der Waals surface area contributed by atoms with Crippen molar-refractivity contribution in [3.8, 4) is 22.3 Å². The van der Waals surface area contributed by atoms with Gasteiger partial charge in [0.15, 0.2) is 0 Å². The molecule has 23 heavy (non-hydrogen) atoms. The van der Waals surface area contributed by atoms with E-state index in [9.17, 15) is 8.42 Å². The van der Waals surface area contributed by atoms with Crippen LogP contribution in [0.5, 0.6) is 0 Å². The summed E-state index contributed by atoms with van der Waals surface area (Å²) in [6.07, 6.45) is 0. The molecule has 0 amide bonds. The maximum atomic E-state index is 11.4. The second-order valence-electron chi connectivity index (χ2n) is 5.48. The molecule has 3 aromatic rings. The molecular weight excluding hydrogens is 306 g/mol. The summed E-state index contributed by atoms with van der Waals surface area (Å²) in [6.45, 7) is 2.06. The monoisotopic (exact) mass is 323 g/mol. The third kappa shape index (κ3) is 3.33. The molecule has 0 aromatic heterocycles. The van der Waals surface area contributed by atoms with Crippen LogP contribution in [0.3, 0.4) is 0 Å². The van der Waals surface area contributed by atoms with Crippen molar-refractivity contribution in [1.82, 2.24) is 0 Å². The van der Waals surface area contributed by atoms with Crippen LogP contribution in [0.15, 0.2) is 77.7 Å². The van der Waals surface area contributed by atoms with Crippen molar-refractivity contribution in [2.75, 3.05) is 0 Å². The summed E-state index contributed by atoms with van der Waals surface area (Å²) in [5, 5.41) is 5.16. The maximum Gasteiger partial charge on any atom is 0.238 e. The minimum Gasteiger partial charge on any atom is -0.225 e. The largest absolute Gasteiger partial charge is 0.238 e. The zero-order valence-corrected chi connectivity index (χ0v) is 13.5. The Hall–Kier alpha value is -2.43. The van der Waals surface area contributed by atoms with E-state index in [-0.39, 0.29) is 4.90 Å². The van der Waals surface area contributed by atoms with E-state index in [0.717, 1.165) is 22.3 Å². The summed E-state index contributed by atoms with van der Waals surface area (Å²) < 4.78 is 22.8. The van der Waals surface area contributed by atoms with Gasteiger partial charge in [0.05, 0.1) is 4.90 Å². The smallest absolute Gasteiger partial charge is 0.225 e.